The average Bonchev–Trinajstić information content (AvgIpc) is 2.29. The second kappa shape index (κ2) is 6.12. The minimum Gasteiger partial charge on any atom is -0.410 e. The highest BCUT2D eigenvalue weighted by Crippen LogP contribution is 2.14. The third kappa shape index (κ3) is 3.55. The third-order valence-corrected chi connectivity index (χ3v) is 2.29. The Labute approximate surface area is 96.0 Å². The van der Waals surface area contributed by atoms with Crippen molar-refractivity contribution in [2.45, 2.75) is 13.3 Å². The van der Waals surface area contributed by atoms with Crippen LogP contribution in [-0.4, -0.2) is 31.1 Å². The van der Waals surface area contributed by atoms with Crippen molar-refractivity contribution in [3.05, 3.63) is 29.8 Å². The zero-order chi connectivity index (χ0) is 12.0. The minimum atomic E-state index is -0.376. The summed E-state index contributed by atoms with van der Waals surface area (Å²) in [6.45, 7) is 2.98. The van der Waals surface area contributed by atoms with Crippen LogP contribution in [0.1, 0.15) is 12.5 Å². The molecule has 1 aromatic rings. The van der Waals surface area contributed by atoms with E-state index in [1.165, 1.54) is 4.90 Å². The molecule has 0 fully saturated rings. The van der Waals surface area contributed by atoms with Crippen LogP contribution in [0, 0.1) is 0 Å². The highest BCUT2D eigenvalue weighted by molar-refractivity contribution is 5.70. The molecule has 0 aliphatic rings. The summed E-state index contributed by atoms with van der Waals surface area (Å²) in [7, 11) is 1.67. The van der Waals surface area contributed by atoms with Crippen molar-refractivity contribution in [2.24, 2.45) is 5.73 Å². The fourth-order valence-electron chi connectivity index (χ4n) is 1.29. The first-order valence-corrected chi connectivity index (χ1v) is 5.39. The summed E-state index contributed by atoms with van der Waals surface area (Å²) in [5, 5.41) is 0. The molecule has 0 heterocycles. The van der Waals surface area contributed by atoms with Crippen LogP contribution in [0.25, 0.3) is 0 Å². The van der Waals surface area contributed by atoms with Gasteiger partial charge in [-0.15, -0.1) is 0 Å². The van der Waals surface area contributed by atoms with E-state index in [1.54, 1.807) is 13.1 Å². The molecule has 0 atom stereocenters. The Balaban J connectivity index is 2.61. The number of amides is 1. The van der Waals surface area contributed by atoms with Gasteiger partial charge in [-0.3, -0.25) is 0 Å². The van der Waals surface area contributed by atoms with Gasteiger partial charge >= 0.3 is 6.09 Å². The molecule has 1 amide bonds. The summed E-state index contributed by atoms with van der Waals surface area (Å²) < 4.78 is 5.20. The molecule has 0 aromatic heterocycles. The van der Waals surface area contributed by atoms with Gasteiger partial charge in [0.15, 0.2) is 0 Å². The van der Waals surface area contributed by atoms with Crippen molar-refractivity contribution < 1.29 is 9.53 Å². The molecule has 1 rings (SSSR count). The van der Waals surface area contributed by atoms with Crippen molar-refractivity contribution in [3.63, 3.8) is 0 Å². The smallest absolute Gasteiger partial charge is 0.410 e. The topological polar surface area (TPSA) is 55.6 Å². The zero-order valence-electron chi connectivity index (χ0n) is 9.77. The molecule has 4 heteroatoms. The maximum atomic E-state index is 11.6. The van der Waals surface area contributed by atoms with Gasteiger partial charge in [-0.25, -0.2) is 4.79 Å². The Kier molecular flexibility index (Phi) is 4.79. The number of carbonyl (C=O) groups excluding carboxylic acids is 1. The van der Waals surface area contributed by atoms with Crippen LogP contribution >= 0.6 is 0 Å². The highest BCUT2D eigenvalue weighted by Gasteiger charge is 2.09. The lowest BCUT2D eigenvalue weighted by Crippen LogP contribution is -2.33. The maximum absolute atomic E-state index is 11.6. The standard InChI is InChI=1S/C12H18N2O2/c1-3-10-5-4-6-11(9-10)16-12(15)14(2)8-7-13/h4-6,9H,3,7-8,13H2,1-2H3. The Morgan fingerprint density at radius 2 is 2.25 bits per heavy atom. The van der Waals surface area contributed by atoms with Gasteiger partial charge in [-0.1, -0.05) is 19.1 Å². The van der Waals surface area contributed by atoms with E-state index in [9.17, 15) is 4.79 Å². The van der Waals surface area contributed by atoms with Crippen LogP contribution in [0.4, 0.5) is 4.79 Å². The van der Waals surface area contributed by atoms with Crippen LogP contribution in [0.5, 0.6) is 5.75 Å². The molecular weight excluding hydrogens is 204 g/mol. The van der Waals surface area contributed by atoms with E-state index in [4.69, 9.17) is 10.5 Å². The number of rotatable bonds is 4. The Hall–Kier alpha value is -1.55. The number of hydrogen-bond donors (Lipinski definition) is 1. The lowest BCUT2D eigenvalue weighted by molar-refractivity contribution is 0.164. The second-order valence-electron chi connectivity index (χ2n) is 3.58. The first-order valence-electron chi connectivity index (χ1n) is 5.39. The summed E-state index contributed by atoms with van der Waals surface area (Å²) in [5.74, 6) is 0.577. The Morgan fingerprint density at radius 3 is 2.88 bits per heavy atom. The molecular formula is C12H18N2O2. The summed E-state index contributed by atoms with van der Waals surface area (Å²) in [6, 6.07) is 7.52. The number of benzene rings is 1. The molecule has 0 unspecified atom stereocenters. The molecule has 4 nitrogen and oxygen atoms in total. The monoisotopic (exact) mass is 222 g/mol. The summed E-state index contributed by atoms with van der Waals surface area (Å²) >= 11 is 0. The molecule has 0 bridgehead atoms. The highest BCUT2D eigenvalue weighted by atomic mass is 16.6. The van der Waals surface area contributed by atoms with Crippen LogP contribution in [-0.2, 0) is 6.42 Å². The number of nitrogens with zero attached hydrogens (tertiary/aromatic N) is 1. The molecule has 0 spiro atoms. The van der Waals surface area contributed by atoms with Crippen LogP contribution in [0.3, 0.4) is 0 Å². The van der Waals surface area contributed by atoms with E-state index in [0.29, 0.717) is 18.8 Å². The number of aryl methyl sites for hydroxylation is 1. The van der Waals surface area contributed by atoms with Crippen LogP contribution < -0.4 is 10.5 Å². The Bertz CT molecular complexity index is 353. The largest absolute Gasteiger partial charge is 0.415 e. The normalized spacial score (nSPS) is 9.94. The van der Waals surface area contributed by atoms with Crippen molar-refractivity contribution in [1.29, 1.82) is 0 Å². The van der Waals surface area contributed by atoms with Gasteiger partial charge in [0.05, 0.1) is 0 Å². The number of hydrogen-bond acceptors (Lipinski definition) is 3. The van der Waals surface area contributed by atoms with E-state index in [1.807, 2.05) is 18.2 Å². The molecule has 0 saturated carbocycles. The summed E-state index contributed by atoms with van der Waals surface area (Å²) in [6.07, 6.45) is 0.544. The summed E-state index contributed by atoms with van der Waals surface area (Å²) in [5.41, 5.74) is 6.50. The predicted molar refractivity (Wildman–Crippen MR) is 63.5 cm³/mol. The molecule has 0 saturated heterocycles. The third-order valence-electron chi connectivity index (χ3n) is 2.29. The number of ether oxygens (including phenoxy) is 1. The van der Waals surface area contributed by atoms with Gasteiger partial charge in [-0.2, -0.15) is 0 Å². The maximum Gasteiger partial charge on any atom is 0.415 e. The van der Waals surface area contributed by atoms with Crippen molar-refractivity contribution in [1.82, 2.24) is 4.90 Å². The van der Waals surface area contributed by atoms with Gasteiger partial charge in [0.2, 0.25) is 0 Å². The fourth-order valence-corrected chi connectivity index (χ4v) is 1.29. The van der Waals surface area contributed by atoms with Crippen molar-refractivity contribution >= 4 is 6.09 Å². The van der Waals surface area contributed by atoms with Crippen molar-refractivity contribution in [3.8, 4) is 5.75 Å². The predicted octanol–water partition coefficient (Wildman–Crippen LogP) is 1.64. The van der Waals surface area contributed by atoms with Crippen LogP contribution in [0.2, 0.25) is 0 Å². The van der Waals surface area contributed by atoms with Gasteiger partial charge in [0, 0.05) is 20.1 Å². The first kappa shape index (κ1) is 12.5. The van der Waals surface area contributed by atoms with Gasteiger partial charge in [0.25, 0.3) is 0 Å². The van der Waals surface area contributed by atoms with Crippen LogP contribution in [0.15, 0.2) is 24.3 Å². The molecule has 2 N–H and O–H groups in total. The van der Waals surface area contributed by atoms with Gasteiger partial charge in [0.1, 0.15) is 5.75 Å². The van der Waals surface area contributed by atoms with E-state index >= 15 is 0 Å². The fraction of sp³-hybridized carbons (Fsp3) is 0.417. The quantitative estimate of drug-likeness (QED) is 0.842. The van der Waals surface area contributed by atoms with Gasteiger partial charge in [-0.05, 0) is 24.1 Å². The van der Waals surface area contributed by atoms with E-state index < -0.39 is 0 Å². The molecule has 0 aliphatic carbocycles. The molecule has 0 aliphatic heterocycles. The lowest BCUT2D eigenvalue weighted by atomic mass is 10.2. The zero-order valence-corrected chi connectivity index (χ0v) is 9.77. The average molecular weight is 222 g/mol. The minimum absolute atomic E-state index is 0.376. The van der Waals surface area contributed by atoms with E-state index in [0.717, 1.165) is 12.0 Å². The summed E-state index contributed by atoms with van der Waals surface area (Å²) in [4.78, 5) is 13.0. The number of nitrogens with two attached hydrogens (primary N) is 1. The van der Waals surface area contributed by atoms with E-state index in [2.05, 4.69) is 6.92 Å². The van der Waals surface area contributed by atoms with Gasteiger partial charge < -0.3 is 15.4 Å². The molecule has 1 aromatic carbocycles. The Morgan fingerprint density at radius 1 is 1.50 bits per heavy atom. The molecule has 0 radical (unpaired) electrons. The SMILES string of the molecule is CCc1cccc(OC(=O)N(C)CCN)c1. The molecule has 16 heavy (non-hydrogen) atoms. The number of carbonyl (C=O) groups is 1. The molecule has 88 valence electrons. The van der Waals surface area contributed by atoms with Crippen molar-refractivity contribution in [2.75, 3.05) is 20.1 Å². The van der Waals surface area contributed by atoms with E-state index in [-0.39, 0.29) is 6.09 Å². The second-order valence-corrected chi connectivity index (χ2v) is 3.58. The number of likely N-dealkylation sites (N-methyl/N-ethyl adjacent to an activating group) is 1. The first-order chi connectivity index (χ1) is 7.67. The lowest BCUT2D eigenvalue weighted by Gasteiger charge is -2.15.